The van der Waals surface area contributed by atoms with Crippen molar-refractivity contribution in [2.45, 2.75) is 12.8 Å². The molecule has 0 fully saturated rings. The van der Waals surface area contributed by atoms with Crippen molar-refractivity contribution in [3.8, 4) is 5.75 Å². The van der Waals surface area contributed by atoms with Gasteiger partial charge in [0.2, 0.25) is 0 Å². The smallest absolute Gasteiger partial charge is 0.261 e. The van der Waals surface area contributed by atoms with E-state index < -0.39 is 0 Å². The Balaban J connectivity index is 1.65. The molecule has 0 atom stereocenters. The first kappa shape index (κ1) is 15.4. The van der Waals surface area contributed by atoms with E-state index in [0.717, 1.165) is 6.42 Å². The van der Waals surface area contributed by atoms with Crippen molar-refractivity contribution in [1.82, 2.24) is 5.32 Å². The fraction of sp³-hybridized carbons (Fsp3) is 0.176. The molecule has 0 unspecified atom stereocenters. The predicted octanol–water partition coefficient (Wildman–Crippen LogP) is 2.97. The van der Waals surface area contributed by atoms with E-state index in [0.29, 0.717) is 40.4 Å². The highest BCUT2D eigenvalue weighted by Gasteiger charge is 2.28. The molecule has 23 heavy (non-hydrogen) atoms. The number of phenols is 1. The lowest BCUT2D eigenvalue weighted by atomic mass is 10.1. The van der Waals surface area contributed by atoms with Crippen molar-refractivity contribution < 1.29 is 14.7 Å². The van der Waals surface area contributed by atoms with Gasteiger partial charge in [-0.3, -0.25) is 14.9 Å². The average Bonchev–Trinajstić information content (AvgIpc) is 2.82. The first-order valence-electron chi connectivity index (χ1n) is 7.27. The molecular weight excluding hydrogens is 316 g/mol. The molecule has 3 rings (SSSR count). The number of fused-ring (bicyclic) bond motifs is 1. The molecule has 6 heteroatoms. The Labute approximate surface area is 138 Å². The van der Waals surface area contributed by atoms with Crippen molar-refractivity contribution >= 4 is 29.1 Å². The van der Waals surface area contributed by atoms with Gasteiger partial charge in [-0.2, -0.15) is 0 Å². The number of benzene rings is 2. The molecule has 5 nitrogen and oxygen atoms in total. The lowest BCUT2D eigenvalue weighted by Gasteiger charge is -2.10. The Hall–Kier alpha value is -2.53. The third kappa shape index (κ3) is 3.00. The van der Waals surface area contributed by atoms with E-state index >= 15 is 0 Å². The average molecular weight is 331 g/mol. The maximum absolute atomic E-state index is 11.8. The molecule has 0 spiro atoms. The Bertz CT molecular complexity index is 769. The molecule has 0 bridgehead atoms. The summed E-state index contributed by atoms with van der Waals surface area (Å²) in [5, 5.41) is 15.8. The quantitative estimate of drug-likeness (QED) is 0.581. The summed E-state index contributed by atoms with van der Waals surface area (Å²) < 4.78 is 0. The molecule has 2 aromatic rings. The van der Waals surface area contributed by atoms with Crippen LogP contribution in [-0.2, 0) is 6.42 Å². The number of amides is 2. The van der Waals surface area contributed by atoms with E-state index in [1.807, 2.05) is 0 Å². The second-order valence-corrected chi connectivity index (χ2v) is 5.69. The minimum absolute atomic E-state index is 0.183. The zero-order valence-corrected chi connectivity index (χ0v) is 13.0. The molecule has 3 N–H and O–H groups in total. The van der Waals surface area contributed by atoms with Crippen molar-refractivity contribution in [2.75, 3.05) is 11.9 Å². The van der Waals surface area contributed by atoms with Gasteiger partial charge >= 0.3 is 0 Å². The van der Waals surface area contributed by atoms with Crippen LogP contribution in [0, 0.1) is 0 Å². The van der Waals surface area contributed by atoms with Crippen LogP contribution in [0.4, 0.5) is 5.69 Å². The summed E-state index contributed by atoms with van der Waals surface area (Å²) in [7, 11) is 0. The van der Waals surface area contributed by atoms with Crippen LogP contribution in [0.3, 0.4) is 0 Å². The highest BCUT2D eigenvalue weighted by atomic mass is 35.5. The molecule has 118 valence electrons. The number of anilines is 1. The zero-order chi connectivity index (χ0) is 16.4. The molecule has 0 saturated heterocycles. The number of hydrogen-bond acceptors (Lipinski definition) is 4. The second kappa shape index (κ2) is 6.30. The number of phenolic OH excluding ortho intramolecular Hbond substituents is 1. The largest absolute Gasteiger partial charge is 0.508 e. The van der Waals surface area contributed by atoms with Gasteiger partial charge in [-0.15, -0.1) is 0 Å². The molecule has 1 heterocycles. The standard InChI is InChI=1S/C17H15ClN2O3/c18-12-6-2-8-14(21)10(12)5-3-9-19-13-7-1-4-11-15(13)17(23)20-16(11)22/h1-2,4,6-8,19,21H,3,5,9H2,(H,20,22,23). The second-order valence-electron chi connectivity index (χ2n) is 5.28. The van der Waals surface area contributed by atoms with Gasteiger partial charge in [0.25, 0.3) is 11.8 Å². The molecule has 0 aliphatic carbocycles. The number of nitrogens with one attached hydrogen (secondary N) is 2. The zero-order valence-electron chi connectivity index (χ0n) is 12.2. The van der Waals surface area contributed by atoms with Crippen molar-refractivity contribution in [1.29, 1.82) is 0 Å². The molecule has 2 aromatic carbocycles. The van der Waals surface area contributed by atoms with Crippen LogP contribution in [0.2, 0.25) is 5.02 Å². The Kier molecular flexibility index (Phi) is 4.21. The van der Waals surface area contributed by atoms with Gasteiger partial charge in [0.1, 0.15) is 5.75 Å². The van der Waals surface area contributed by atoms with Crippen LogP contribution < -0.4 is 10.6 Å². The normalized spacial score (nSPS) is 12.9. The summed E-state index contributed by atoms with van der Waals surface area (Å²) in [5.41, 5.74) is 2.12. The maximum atomic E-state index is 11.8. The van der Waals surface area contributed by atoms with E-state index in [2.05, 4.69) is 10.6 Å². The Morgan fingerprint density at radius 3 is 2.65 bits per heavy atom. The van der Waals surface area contributed by atoms with Crippen LogP contribution in [0.25, 0.3) is 0 Å². The molecular formula is C17H15ClN2O3. The SMILES string of the molecule is O=C1NC(=O)c2c(NCCCc3c(O)cccc3Cl)cccc21. The predicted molar refractivity (Wildman–Crippen MR) is 88.2 cm³/mol. The van der Waals surface area contributed by atoms with Gasteiger partial charge in [0.15, 0.2) is 0 Å². The number of aromatic hydroxyl groups is 1. The monoisotopic (exact) mass is 330 g/mol. The first-order valence-corrected chi connectivity index (χ1v) is 7.64. The summed E-state index contributed by atoms with van der Waals surface area (Å²) in [6.07, 6.45) is 1.33. The topological polar surface area (TPSA) is 78.4 Å². The first-order chi connectivity index (χ1) is 11.1. The number of halogens is 1. The molecule has 0 aromatic heterocycles. The van der Waals surface area contributed by atoms with Gasteiger partial charge in [-0.1, -0.05) is 23.7 Å². The minimum atomic E-state index is -0.378. The van der Waals surface area contributed by atoms with E-state index in [4.69, 9.17) is 11.6 Å². The van der Waals surface area contributed by atoms with Crippen molar-refractivity contribution in [3.05, 3.63) is 58.1 Å². The number of imide groups is 1. The lowest BCUT2D eigenvalue weighted by Crippen LogP contribution is -2.20. The summed E-state index contributed by atoms with van der Waals surface area (Å²) in [4.78, 5) is 23.4. The Morgan fingerprint density at radius 1 is 1.09 bits per heavy atom. The van der Waals surface area contributed by atoms with Gasteiger partial charge in [0, 0.05) is 22.8 Å². The lowest BCUT2D eigenvalue weighted by molar-refractivity contribution is 0.0880. The molecule has 2 amide bonds. The number of hydrogen-bond donors (Lipinski definition) is 3. The molecule has 0 radical (unpaired) electrons. The van der Waals surface area contributed by atoms with Crippen LogP contribution in [0.15, 0.2) is 36.4 Å². The van der Waals surface area contributed by atoms with Crippen LogP contribution in [-0.4, -0.2) is 23.5 Å². The summed E-state index contributed by atoms with van der Waals surface area (Å²) in [6.45, 7) is 0.586. The third-order valence-electron chi connectivity index (χ3n) is 3.78. The fourth-order valence-corrected chi connectivity index (χ4v) is 2.91. The van der Waals surface area contributed by atoms with E-state index in [1.54, 1.807) is 36.4 Å². The van der Waals surface area contributed by atoms with Crippen molar-refractivity contribution in [3.63, 3.8) is 0 Å². The third-order valence-corrected chi connectivity index (χ3v) is 4.13. The summed E-state index contributed by atoms with van der Waals surface area (Å²) in [5.74, 6) is -0.561. The van der Waals surface area contributed by atoms with Crippen molar-refractivity contribution in [2.24, 2.45) is 0 Å². The van der Waals surface area contributed by atoms with E-state index in [-0.39, 0.29) is 17.6 Å². The van der Waals surface area contributed by atoms with E-state index in [9.17, 15) is 14.7 Å². The van der Waals surface area contributed by atoms with E-state index in [1.165, 1.54) is 0 Å². The van der Waals surface area contributed by atoms with Gasteiger partial charge in [-0.05, 0) is 37.1 Å². The van der Waals surface area contributed by atoms with Gasteiger partial charge in [0.05, 0.1) is 11.1 Å². The van der Waals surface area contributed by atoms with Gasteiger partial charge < -0.3 is 10.4 Å². The highest BCUT2D eigenvalue weighted by molar-refractivity contribution is 6.31. The van der Waals surface area contributed by atoms with Gasteiger partial charge in [-0.25, -0.2) is 0 Å². The fourth-order valence-electron chi connectivity index (χ4n) is 2.65. The highest BCUT2D eigenvalue weighted by Crippen LogP contribution is 2.27. The summed E-state index contributed by atoms with van der Waals surface area (Å²) >= 11 is 6.07. The molecule has 1 aliphatic heterocycles. The maximum Gasteiger partial charge on any atom is 0.261 e. The summed E-state index contributed by atoms with van der Waals surface area (Å²) in [6, 6.07) is 10.2. The Morgan fingerprint density at radius 2 is 1.87 bits per heavy atom. The molecule has 1 aliphatic rings. The molecule has 0 saturated carbocycles. The van der Waals surface area contributed by atoms with Crippen LogP contribution in [0.1, 0.15) is 32.7 Å². The number of carbonyl (C=O) groups is 2. The van der Waals surface area contributed by atoms with Crippen LogP contribution in [0.5, 0.6) is 5.75 Å². The number of rotatable bonds is 5. The minimum Gasteiger partial charge on any atom is -0.508 e. The van der Waals surface area contributed by atoms with Crippen LogP contribution >= 0.6 is 11.6 Å². The number of carbonyl (C=O) groups excluding carboxylic acids is 2.